The van der Waals surface area contributed by atoms with Crippen molar-refractivity contribution < 1.29 is 4.92 Å². The number of anilines is 2. The largest absolute Gasteiger partial charge is 0.332 e. The van der Waals surface area contributed by atoms with Crippen LogP contribution < -0.4 is 10.6 Å². The maximum absolute atomic E-state index is 11.4. The molecule has 0 aliphatic rings. The molecule has 27 heavy (non-hydrogen) atoms. The van der Waals surface area contributed by atoms with Gasteiger partial charge in [-0.1, -0.05) is 39.0 Å². The smallest absolute Gasteiger partial charge is 0.292 e. The molecular weight excluding hydrogens is 378 g/mol. The van der Waals surface area contributed by atoms with E-state index in [9.17, 15) is 10.1 Å². The van der Waals surface area contributed by atoms with Crippen molar-refractivity contribution in [3.63, 3.8) is 0 Å². The second-order valence-electron chi connectivity index (χ2n) is 6.02. The Labute approximate surface area is 170 Å². The molecule has 7 heteroatoms. The predicted octanol–water partition coefficient (Wildman–Crippen LogP) is 6.03. The van der Waals surface area contributed by atoms with Gasteiger partial charge in [0, 0.05) is 16.6 Å². The molecule has 0 atom stereocenters. The van der Waals surface area contributed by atoms with Crippen molar-refractivity contribution in [2.24, 2.45) is 0 Å². The molecule has 0 fully saturated rings. The summed E-state index contributed by atoms with van der Waals surface area (Å²) in [5, 5.41) is 18.0. The molecule has 2 aromatic rings. The Morgan fingerprint density at radius 2 is 1.78 bits per heavy atom. The zero-order valence-electron chi connectivity index (χ0n) is 15.9. The molecule has 0 aliphatic carbocycles. The number of nitro groups is 1. The van der Waals surface area contributed by atoms with Crippen LogP contribution in [0, 0.1) is 10.1 Å². The first-order valence-corrected chi connectivity index (χ1v) is 10.5. The Bertz CT molecular complexity index is 803. The summed E-state index contributed by atoms with van der Waals surface area (Å²) in [6, 6.07) is 11.3. The van der Waals surface area contributed by atoms with E-state index in [-0.39, 0.29) is 5.69 Å². The molecule has 2 N–H and O–H groups in total. The van der Waals surface area contributed by atoms with E-state index in [1.165, 1.54) is 17.2 Å². The van der Waals surface area contributed by atoms with Crippen molar-refractivity contribution in [3.8, 4) is 0 Å². The van der Waals surface area contributed by atoms with Crippen LogP contribution in [0.15, 0.2) is 41.3 Å². The maximum atomic E-state index is 11.4. The number of thiocarbonyl (C=S) groups is 1. The second-order valence-corrected chi connectivity index (χ2v) is 7.60. The monoisotopic (exact) mass is 403 g/mol. The second kappa shape index (κ2) is 10.3. The zero-order chi connectivity index (χ0) is 19.8. The van der Waals surface area contributed by atoms with Crippen LogP contribution in [0.5, 0.6) is 0 Å². The van der Waals surface area contributed by atoms with Gasteiger partial charge in [-0.2, -0.15) is 0 Å². The van der Waals surface area contributed by atoms with Gasteiger partial charge in [0.25, 0.3) is 5.69 Å². The van der Waals surface area contributed by atoms with Crippen molar-refractivity contribution in [1.82, 2.24) is 0 Å². The van der Waals surface area contributed by atoms with Crippen LogP contribution in [0.4, 0.5) is 17.1 Å². The molecule has 144 valence electrons. The van der Waals surface area contributed by atoms with Crippen LogP contribution in [-0.4, -0.2) is 15.8 Å². The fraction of sp³-hybridized carbons (Fsp3) is 0.350. The van der Waals surface area contributed by atoms with Crippen LogP contribution in [0.2, 0.25) is 0 Å². The van der Waals surface area contributed by atoms with E-state index in [4.69, 9.17) is 12.2 Å². The number of benzene rings is 2. The van der Waals surface area contributed by atoms with Gasteiger partial charge in [0.15, 0.2) is 5.11 Å². The highest BCUT2D eigenvalue weighted by atomic mass is 32.2. The normalized spacial score (nSPS) is 10.5. The Morgan fingerprint density at radius 1 is 1.11 bits per heavy atom. The summed E-state index contributed by atoms with van der Waals surface area (Å²) in [5.74, 6) is 0.962. The van der Waals surface area contributed by atoms with Crippen LogP contribution in [0.1, 0.15) is 38.3 Å². The van der Waals surface area contributed by atoms with Crippen LogP contribution in [0.3, 0.4) is 0 Å². The summed E-state index contributed by atoms with van der Waals surface area (Å²) < 4.78 is 0. The molecule has 0 aromatic heterocycles. The van der Waals surface area contributed by atoms with Crippen LogP contribution >= 0.6 is 24.0 Å². The van der Waals surface area contributed by atoms with E-state index < -0.39 is 4.92 Å². The predicted molar refractivity (Wildman–Crippen MR) is 119 cm³/mol. The van der Waals surface area contributed by atoms with Gasteiger partial charge in [0.05, 0.1) is 4.92 Å². The van der Waals surface area contributed by atoms with Crippen molar-refractivity contribution in [2.75, 3.05) is 16.4 Å². The van der Waals surface area contributed by atoms with E-state index in [0.717, 1.165) is 35.6 Å². The Morgan fingerprint density at radius 3 is 2.33 bits per heavy atom. The lowest BCUT2D eigenvalue weighted by atomic mass is 10.0. The first-order valence-electron chi connectivity index (χ1n) is 9.10. The summed E-state index contributed by atoms with van der Waals surface area (Å²) >= 11 is 7.13. The van der Waals surface area contributed by atoms with Crippen molar-refractivity contribution in [1.29, 1.82) is 0 Å². The summed E-state index contributed by atoms with van der Waals surface area (Å²) in [7, 11) is 0. The molecule has 0 unspecified atom stereocenters. The minimum Gasteiger partial charge on any atom is -0.332 e. The number of thioether (sulfide) groups is 1. The number of aryl methyl sites for hydroxylation is 2. The molecule has 0 bridgehead atoms. The van der Waals surface area contributed by atoms with Crippen molar-refractivity contribution in [3.05, 3.63) is 57.6 Å². The van der Waals surface area contributed by atoms with E-state index in [2.05, 4.69) is 43.5 Å². The van der Waals surface area contributed by atoms with Crippen LogP contribution in [0.25, 0.3) is 0 Å². The first kappa shape index (κ1) is 21.2. The minimum absolute atomic E-state index is 0.0134. The number of hydrogen-bond donors (Lipinski definition) is 2. The highest BCUT2D eigenvalue weighted by Crippen LogP contribution is 2.31. The number of para-hydroxylation sites is 1. The molecule has 0 saturated heterocycles. The molecule has 5 nitrogen and oxygen atoms in total. The Balaban J connectivity index is 2.26. The van der Waals surface area contributed by atoms with Gasteiger partial charge >= 0.3 is 0 Å². The van der Waals surface area contributed by atoms with Gasteiger partial charge in [0.1, 0.15) is 5.69 Å². The molecule has 2 aromatic carbocycles. The summed E-state index contributed by atoms with van der Waals surface area (Å²) in [6.07, 6.45) is 2.79. The number of hydrogen-bond acceptors (Lipinski definition) is 4. The standard InChI is InChI=1S/C20H25N3O2S2/c1-4-12-27-16-10-11-18(23(24)25)17(13-16)21-20(26)22-19-14(5-2)8-7-9-15(19)6-3/h7-11,13H,4-6,12H2,1-3H3,(H2,21,22,26). The third kappa shape index (κ3) is 5.68. The van der Waals surface area contributed by atoms with Crippen molar-refractivity contribution in [2.45, 2.75) is 44.9 Å². The lowest BCUT2D eigenvalue weighted by Gasteiger charge is -2.17. The maximum Gasteiger partial charge on any atom is 0.292 e. The molecule has 0 radical (unpaired) electrons. The van der Waals surface area contributed by atoms with Gasteiger partial charge in [-0.3, -0.25) is 10.1 Å². The summed E-state index contributed by atoms with van der Waals surface area (Å²) in [6.45, 7) is 6.29. The summed E-state index contributed by atoms with van der Waals surface area (Å²) in [4.78, 5) is 12.0. The van der Waals surface area contributed by atoms with E-state index in [1.54, 1.807) is 23.9 Å². The number of nitrogens with one attached hydrogen (secondary N) is 2. The molecule has 0 saturated carbocycles. The van der Waals surface area contributed by atoms with Crippen LogP contribution in [-0.2, 0) is 12.8 Å². The third-order valence-electron chi connectivity index (χ3n) is 4.12. The van der Waals surface area contributed by atoms with Gasteiger partial charge in [-0.25, -0.2) is 0 Å². The fourth-order valence-corrected chi connectivity index (χ4v) is 3.77. The minimum atomic E-state index is -0.392. The van der Waals surface area contributed by atoms with Gasteiger partial charge in [-0.05, 0) is 60.5 Å². The third-order valence-corrected chi connectivity index (χ3v) is 5.53. The first-order chi connectivity index (χ1) is 13.0. The zero-order valence-corrected chi connectivity index (χ0v) is 17.5. The van der Waals surface area contributed by atoms with Gasteiger partial charge in [0.2, 0.25) is 0 Å². The number of nitrogens with zero attached hydrogens (tertiary/aromatic N) is 1. The molecular formula is C20H25N3O2S2. The number of rotatable bonds is 8. The molecule has 0 amide bonds. The van der Waals surface area contributed by atoms with Gasteiger partial charge < -0.3 is 10.6 Å². The lowest BCUT2D eigenvalue weighted by molar-refractivity contribution is -0.383. The van der Waals surface area contributed by atoms with Gasteiger partial charge in [-0.15, -0.1) is 11.8 Å². The van der Waals surface area contributed by atoms with E-state index in [0.29, 0.717) is 10.8 Å². The quantitative estimate of drug-likeness (QED) is 0.243. The number of nitro benzene ring substituents is 1. The van der Waals surface area contributed by atoms with Crippen molar-refractivity contribution >= 4 is 46.2 Å². The topological polar surface area (TPSA) is 67.2 Å². The Hall–Kier alpha value is -2.12. The summed E-state index contributed by atoms with van der Waals surface area (Å²) in [5.41, 5.74) is 3.74. The fourth-order valence-electron chi connectivity index (χ4n) is 2.75. The highest BCUT2D eigenvalue weighted by molar-refractivity contribution is 7.99. The average molecular weight is 404 g/mol. The molecule has 2 rings (SSSR count). The lowest BCUT2D eigenvalue weighted by Crippen LogP contribution is -2.21. The average Bonchev–Trinajstić information content (AvgIpc) is 2.66. The molecule has 0 spiro atoms. The van der Waals surface area contributed by atoms with E-state index in [1.807, 2.05) is 6.07 Å². The molecule has 0 aliphatic heterocycles. The highest BCUT2D eigenvalue weighted by Gasteiger charge is 2.16. The van der Waals surface area contributed by atoms with E-state index >= 15 is 0 Å². The Kier molecular flexibility index (Phi) is 8.06. The SMILES string of the molecule is CCCSc1ccc([N+](=O)[O-])c(NC(=S)Nc2c(CC)cccc2CC)c1. The molecule has 0 heterocycles.